The van der Waals surface area contributed by atoms with Crippen LogP contribution >= 0.6 is 0 Å². The fourth-order valence-electron chi connectivity index (χ4n) is 5.32. The van der Waals surface area contributed by atoms with E-state index in [0.29, 0.717) is 37.4 Å². The molecule has 2 atom stereocenters. The molecule has 0 aromatic heterocycles. The minimum absolute atomic E-state index is 0.0544. The van der Waals surface area contributed by atoms with Crippen molar-refractivity contribution < 1.29 is 19.4 Å². The second-order valence-electron chi connectivity index (χ2n) is 10.6. The molecule has 42 heavy (non-hydrogen) atoms. The van der Waals surface area contributed by atoms with Crippen molar-refractivity contribution >= 4 is 11.8 Å². The van der Waals surface area contributed by atoms with Crippen LogP contribution in [0, 0.1) is 0 Å². The highest BCUT2D eigenvalue weighted by molar-refractivity contribution is 5.97. The number of rotatable bonds is 12. The van der Waals surface area contributed by atoms with Gasteiger partial charge in [-0.25, -0.2) is 0 Å². The lowest BCUT2D eigenvalue weighted by molar-refractivity contribution is -0.150. The first-order chi connectivity index (χ1) is 20.5. The summed E-state index contributed by atoms with van der Waals surface area (Å²) in [6.45, 7) is 0.865. The van der Waals surface area contributed by atoms with Crippen LogP contribution in [0.5, 0.6) is 11.5 Å². The van der Waals surface area contributed by atoms with Crippen molar-refractivity contribution in [2.45, 2.75) is 50.9 Å². The summed E-state index contributed by atoms with van der Waals surface area (Å²) in [4.78, 5) is 28.9. The summed E-state index contributed by atoms with van der Waals surface area (Å²) in [6.07, 6.45) is 2.54. The quantitative estimate of drug-likeness (QED) is 0.205. The molecule has 0 radical (unpaired) electrons. The third-order valence-electron chi connectivity index (χ3n) is 7.60. The first-order valence-corrected chi connectivity index (χ1v) is 14.5. The van der Waals surface area contributed by atoms with Gasteiger partial charge in [0, 0.05) is 13.0 Å². The summed E-state index contributed by atoms with van der Waals surface area (Å²) < 4.78 is 5.92. The lowest BCUT2D eigenvalue weighted by Crippen LogP contribution is -2.63. The lowest BCUT2D eigenvalue weighted by atomic mass is 9.96. The first kappa shape index (κ1) is 29.0. The fraction of sp³-hybridized carbons (Fsp3) is 0.257. The maximum absolute atomic E-state index is 13.8. The van der Waals surface area contributed by atoms with E-state index in [4.69, 9.17) is 10.5 Å². The monoisotopic (exact) mass is 563 g/mol. The maximum atomic E-state index is 13.8. The fourth-order valence-corrected chi connectivity index (χ4v) is 5.32. The molecule has 4 aromatic carbocycles. The van der Waals surface area contributed by atoms with Crippen molar-refractivity contribution in [1.82, 2.24) is 10.2 Å². The summed E-state index contributed by atoms with van der Waals surface area (Å²) in [5, 5.41) is 12.4. The molecule has 0 aliphatic carbocycles. The second-order valence-corrected chi connectivity index (χ2v) is 10.6. The van der Waals surface area contributed by atoms with Crippen molar-refractivity contribution in [3.05, 3.63) is 120 Å². The van der Waals surface area contributed by atoms with E-state index in [0.717, 1.165) is 40.7 Å². The number of piperazine rings is 1. The topological polar surface area (TPSA) is 105 Å². The van der Waals surface area contributed by atoms with E-state index in [9.17, 15) is 14.7 Å². The number of nitrogens with zero attached hydrogens (tertiary/aromatic N) is 1. The number of carbonyl (C=O) groups is 2. The van der Waals surface area contributed by atoms with Gasteiger partial charge in [-0.2, -0.15) is 0 Å². The third-order valence-corrected chi connectivity index (χ3v) is 7.60. The molecule has 216 valence electrons. The van der Waals surface area contributed by atoms with E-state index in [1.54, 1.807) is 11.0 Å². The molecule has 7 heteroatoms. The maximum Gasteiger partial charge on any atom is 0.246 e. The SMILES string of the molecule is NCCCC[C@H]1C(=O)N[C@@H](Cc2ccc(Oc3cccc(CO)c3)cc2)C(=O)N1Cc1ccc(-c2ccccc2)cc1. The third kappa shape index (κ3) is 7.24. The van der Waals surface area contributed by atoms with Gasteiger partial charge < -0.3 is 25.8 Å². The smallest absolute Gasteiger partial charge is 0.246 e. The molecule has 4 N–H and O–H groups in total. The van der Waals surface area contributed by atoms with Crippen LogP contribution in [0.25, 0.3) is 11.1 Å². The molecule has 5 rings (SSSR count). The highest BCUT2D eigenvalue weighted by Crippen LogP contribution is 2.26. The van der Waals surface area contributed by atoms with Gasteiger partial charge in [-0.05, 0) is 77.9 Å². The molecule has 0 spiro atoms. The largest absolute Gasteiger partial charge is 0.457 e. The van der Waals surface area contributed by atoms with Crippen molar-refractivity contribution in [2.24, 2.45) is 5.73 Å². The van der Waals surface area contributed by atoms with Crippen LogP contribution in [-0.2, 0) is 29.2 Å². The molecule has 2 amide bonds. The van der Waals surface area contributed by atoms with Crippen LogP contribution < -0.4 is 15.8 Å². The molecular formula is C35H37N3O4. The van der Waals surface area contributed by atoms with E-state index in [1.807, 2.05) is 72.8 Å². The Labute approximate surface area is 246 Å². The molecule has 0 unspecified atom stereocenters. The van der Waals surface area contributed by atoms with Crippen molar-refractivity contribution in [2.75, 3.05) is 6.54 Å². The van der Waals surface area contributed by atoms with Gasteiger partial charge in [0.2, 0.25) is 11.8 Å². The number of hydrogen-bond donors (Lipinski definition) is 3. The Morgan fingerprint density at radius 1 is 0.762 bits per heavy atom. The molecule has 4 aromatic rings. The highest BCUT2D eigenvalue weighted by atomic mass is 16.5. The summed E-state index contributed by atoms with van der Waals surface area (Å²) in [5.74, 6) is 1.08. The van der Waals surface area contributed by atoms with Crippen LogP contribution in [0.2, 0.25) is 0 Å². The first-order valence-electron chi connectivity index (χ1n) is 14.5. The predicted octanol–water partition coefficient (Wildman–Crippen LogP) is 5.21. The molecule has 0 saturated carbocycles. The Kier molecular flexibility index (Phi) is 9.64. The van der Waals surface area contributed by atoms with Crippen LogP contribution in [0.4, 0.5) is 0 Å². The number of nitrogens with one attached hydrogen (secondary N) is 1. The Balaban J connectivity index is 1.29. The lowest BCUT2D eigenvalue weighted by Gasteiger charge is -2.39. The van der Waals surface area contributed by atoms with Gasteiger partial charge in [0.25, 0.3) is 0 Å². The highest BCUT2D eigenvalue weighted by Gasteiger charge is 2.40. The van der Waals surface area contributed by atoms with Gasteiger partial charge in [-0.3, -0.25) is 9.59 Å². The van der Waals surface area contributed by atoms with Crippen molar-refractivity contribution in [3.63, 3.8) is 0 Å². The van der Waals surface area contributed by atoms with Gasteiger partial charge >= 0.3 is 0 Å². The summed E-state index contributed by atoms with van der Waals surface area (Å²) in [6, 6.07) is 31.9. The molecule has 1 aliphatic rings. The molecule has 1 heterocycles. The van der Waals surface area contributed by atoms with Crippen molar-refractivity contribution in [3.8, 4) is 22.6 Å². The van der Waals surface area contributed by atoms with E-state index in [2.05, 4.69) is 29.6 Å². The Hall–Kier alpha value is -4.46. The molecule has 1 fully saturated rings. The zero-order valence-electron chi connectivity index (χ0n) is 23.6. The van der Waals surface area contributed by atoms with Crippen LogP contribution in [0.15, 0.2) is 103 Å². The number of aliphatic hydroxyl groups excluding tert-OH is 1. The van der Waals surface area contributed by atoms with Gasteiger partial charge in [-0.15, -0.1) is 0 Å². The van der Waals surface area contributed by atoms with Crippen LogP contribution in [0.3, 0.4) is 0 Å². The van der Waals surface area contributed by atoms with E-state index < -0.39 is 12.1 Å². The van der Waals surface area contributed by atoms with Crippen LogP contribution in [-0.4, -0.2) is 40.4 Å². The number of nitrogens with two attached hydrogens (primary N) is 1. The van der Waals surface area contributed by atoms with E-state index >= 15 is 0 Å². The molecule has 7 nitrogen and oxygen atoms in total. The van der Waals surface area contributed by atoms with Gasteiger partial charge in [0.15, 0.2) is 0 Å². The van der Waals surface area contributed by atoms with E-state index in [-0.39, 0.29) is 18.4 Å². The standard InChI is InChI=1S/C35H37N3O4/c36-20-5-4-11-33-34(40)37-32(22-25-14-18-30(19-15-25)42-31-10-6-7-27(21-31)24-39)35(41)38(33)23-26-12-16-29(17-13-26)28-8-2-1-3-9-28/h1-3,6-10,12-19,21,32-33,39H,4-5,11,20,22-24,36H2,(H,37,40)/t32-,33-/m0/s1. The number of aliphatic hydroxyl groups is 1. The van der Waals surface area contributed by atoms with Gasteiger partial charge in [0.1, 0.15) is 23.6 Å². The number of ether oxygens (including phenoxy) is 1. The van der Waals surface area contributed by atoms with Gasteiger partial charge in [0.05, 0.1) is 6.61 Å². The predicted molar refractivity (Wildman–Crippen MR) is 164 cm³/mol. The van der Waals surface area contributed by atoms with Gasteiger partial charge in [-0.1, -0.05) is 78.9 Å². The number of benzene rings is 4. The summed E-state index contributed by atoms with van der Waals surface area (Å²) >= 11 is 0. The number of carbonyl (C=O) groups excluding carboxylic acids is 2. The number of unbranched alkanes of at least 4 members (excludes halogenated alkanes) is 1. The summed E-state index contributed by atoms with van der Waals surface area (Å²) in [7, 11) is 0. The second kappa shape index (κ2) is 13.9. The average Bonchev–Trinajstić information content (AvgIpc) is 3.03. The minimum Gasteiger partial charge on any atom is -0.457 e. The molecular weight excluding hydrogens is 526 g/mol. The molecule has 1 aliphatic heterocycles. The van der Waals surface area contributed by atoms with Crippen LogP contribution in [0.1, 0.15) is 36.0 Å². The molecule has 0 bridgehead atoms. The zero-order chi connectivity index (χ0) is 29.3. The zero-order valence-corrected chi connectivity index (χ0v) is 23.6. The normalized spacial score (nSPS) is 16.8. The molecule has 1 saturated heterocycles. The Bertz CT molecular complexity index is 1470. The number of hydrogen-bond acceptors (Lipinski definition) is 5. The number of amides is 2. The van der Waals surface area contributed by atoms with Crippen molar-refractivity contribution in [1.29, 1.82) is 0 Å². The minimum atomic E-state index is -0.653. The Morgan fingerprint density at radius 3 is 2.19 bits per heavy atom. The summed E-state index contributed by atoms with van der Waals surface area (Å²) in [5.41, 5.74) is 10.6. The average molecular weight is 564 g/mol. The van der Waals surface area contributed by atoms with E-state index in [1.165, 1.54) is 0 Å². The Morgan fingerprint density at radius 2 is 1.48 bits per heavy atom.